The Balaban J connectivity index is 2.20. The zero-order valence-corrected chi connectivity index (χ0v) is 10.9. The number of hydrogen-bond donors (Lipinski definition) is 1. The molecule has 2 rings (SSSR count). The molecule has 1 atom stereocenters. The van der Waals surface area contributed by atoms with E-state index in [9.17, 15) is 4.39 Å². The molecular weight excluding hydrogens is 231 g/mol. The van der Waals surface area contributed by atoms with Crippen molar-refractivity contribution >= 4 is 5.69 Å². The smallest absolute Gasteiger partial charge is 0.146 e. The van der Waals surface area contributed by atoms with Crippen LogP contribution in [0.5, 0.6) is 0 Å². The second-order valence-electron chi connectivity index (χ2n) is 4.62. The number of anilines is 1. The van der Waals surface area contributed by atoms with E-state index in [1.54, 1.807) is 6.07 Å². The van der Waals surface area contributed by atoms with Crippen LogP contribution in [0.3, 0.4) is 0 Å². The molecule has 0 aliphatic carbocycles. The lowest BCUT2D eigenvalue weighted by Crippen LogP contribution is -2.40. The highest BCUT2D eigenvalue weighted by Crippen LogP contribution is 2.27. The van der Waals surface area contributed by atoms with Gasteiger partial charge in [-0.1, -0.05) is 12.1 Å². The number of piperidine rings is 1. The Bertz CT molecular complexity index is 395. The van der Waals surface area contributed by atoms with Crippen molar-refractivity contribution in [1.29, 1.82) is 0 Å². The Morgan fingerprint density at radius 2 is 2.33 bits per heavy atom. The SMILES string of the molecule is CCOC1CCCN(c2c(F)cccc2CN)C1. The molecule has 0 amide bonds. The minimum atomic E-state index is -0.185. The summed E-state index contributed by atoms with van der Waals surface area (Å²) in [7, 11) is 0. The molecule has 1 aromatic carbocycles. The van der Waals surface area contributed by atoms with E-state index >= 15 is 0 Å². The van der Waals surface area contributed by atoms with E-state index in [-0.39, 0.29) is 11.9 Å². The number of benzene rings is 1. The van der Waals surface area contributed by atoms with Gasteiger partial charge in [-0.15, -0.1) is 0 Å². The maximum absolute atomic E-state index is 14.0. The molecule has 2 N–H and O–H groups in total. The van der Waals surface area contributed by atoms with E-state index in [2.05, 4.69) is 4.90 Å². The van der Waals surface area contributed by atoms with Gasteiger partial charge < -0.3 is 15.4 Å². The molecule has 0 bridgehead atoms. The van der Waals surface area contributed by atoms with Crippen LogP contribution in [0.25, 0.3) is 0 Å². The molecule has 1 saturated heterocycles. The van der Waals surface area contributed by atoms with Crippen molar-refractivity contribution < 1.29 is 9.13 Å². The van der Waals surface area contributed by atoms with Crippen LogP contribution in [0, 0.1) is 5.82 Å². The standard InChI is InChI=1S/C14H21FN2O/c1-2-18-12-6-4-8-17(10-12)14-11(9-16)5-3-7-13(14)15/h3,5,7,12H,2,4,6,8-10,16H2,1H3. The van der Waals surface area contributed by atoms with E-state index < -0.39 is 0 Å². The fraction of sp³-hybridized carbons (Fsp3) is 0.571. The van der Waals surface area contributed by atoms with E-state index in [4.69, 9.17) is 10.5 Å². The van der Waals surface area contributed by atoms with Crippen molar-refractivity contribution in [3.63, 3.8) is 0 Å². The first kappa shape index (κ1) is 13.3. The van der Waals surface area contributed by atoms with Crippen LogP contribution in [-0.2, 0) is 11.3 Å². The lowest BCUT2D eigenvalue weighted by molar-refractivity contribution is 0.0525. The van der Waals surface area contributed by atoms with Crippen LogP contribution in [-0.4, -0.2) is 25.8 Å². The van der Waals surface area contributed by atoms with E-state index in [0.717, 1.165) is 31.5 Å². The van der Waals surface area contributed by atoms with Crippen molar-refractivity contribution in [2.75, 3.05) is 24.6 Å². The maximum Gasteiger partial charge on any atom is 0.146 e. The fourth-order valence-electron chi connectivity index (χ4n) is 2.59. The first-order valence-electron chi connectivity index (χ1n) is 6.60. The summed E-state index contributed by atoms with van der Waals surface area (Å²) < 4.78 is 19.6. The quantitative estimate of drug-likeness (QED) is 0.893. The highest BCUT2D eigenvalue weighted by molar-refractivity contribution is 5.55. The van der Waals surface area contributed by atoms with Crippen molar-refractivity contribution in [3.8, 4) is 0 Å². The van der Waals surface area contributed by atoms with E-state index in [1.807, 2.05) is 13.0 Å². The summed E-state index contributed by atoms with van der Waals surface area (Å²) in [5, 5.41) is 0. The lowest BCUT2D eigenvalue weighted by Gasteiger charge is -2.35. The van der Waals surface area contributed by atoms with Crippen LogP contribution in [0.1, 0.15) is 25.3 Å². The maximum atomic E-state index is 14.0. The number of halogens is 1. The molecule has 1 heterocycles. The molecule has 0 saturated carbocycles. The predicted molar refractivity (Wildman–Crippen MR) is 71.2 cm³/mol. The molecule has 0 radical (unpaired) electrons. The summed E-state index contributed by atoms with van der Waals surface area (Å²) in [6.07, 6.45) is 2.29. The molecule has 1 aliphatic heterocycles. The van der Waals surface area contributed by atoms with Crippen LogP contribution in [0.4, 0.5) is 10.1 Å². The minimum absolute atomic E-state index is 0.185. The first-order valence-corrected chi connectivity index (χ1v) is 6.60. The van der Waals surface area contributed by atoms with Crippen molar-refractivity contribution in [3.05, 3.63) is 29.6 Å². The van der Waals surface area contributed by atoms with Crippen LogP contribution >= 0.6 is 0 Å². The summed E-state index contributed by atoms with van der Waals surface area (Å²) in [5.41, 5.74) is 7.22. The average molecular weight is 252 g/mol. The molecule has 1 aromatic rings. The number of ether oxygens (including phenoxy) is 1. The largest absolute Gasteiger partial charge is 0.377 e. The summed E-state index contributed by atoms with van der Waals surface area (Å²) in [6, 6.07) is 5.10. The average Bonchev–Trinajstić information content (AvgIpc) is 2.39. The second-order valence-corrected chi connectivity index (χ2v) is 4.62. The van der Waals surface area contributed by atoms with Gasteiger partial charge in [-0.2, -0.15) is 0 Å². The molecule has 0 spiro atoms. The van der Waals surface area contributed by atoms with Crippen LogP contribution in [0.15, 0.2) is 18.2 Å². The van der Waals surface area contributed by atoms with Gasteiger partial charge in [0.15, 0.2) is 0 Å². The Morgan fingerprint density at radius 1 is 1.50 bits per heavy atom. The van der Waals surface area contributed by atoms with E-state index in [1.165, 1.54) is 6.07 Å². The Morgan fingerprint density at radius 3 is 3.06 bits per heavy atom. The number of nitrogens with zero attached hydrogens (tertiary/aromatic N) is 1. The zero-order valence-electron chi connectivity index (χ0n) is 10.9. The molecule has 4 heteroatoms. The van der Waals surface area contributed by atoms with Crippen molar-refractivity contribution in [2.24, 2.45) is 5.73 Å². The van der Waals surface area contributed by atoms with Crippen LogP contribution in [0.2, 0.25) is 0 Å². The van der Waals surface area contributed by atoms with Gasteiger partial charge in [0.1, 0.15) is 5.82 Å². The number of hydrogen-bond acceptors (Lipinski definition) is 3. The highest BCUT2D eigenvalue weighted by Gasteiger charge is 2.23. The second kappa shape index (κ2) is 6.16. The Hall–Kier alpha value is -1.13. The summed E-state index contributed by atoms with van der Waals surface area (Å²) in [6.45, 7) is 4.69. The molecule has 1 unspecified atom stereocenters. The predicted octanol–water partition coefficient (Wildman–Crippen LogP) is 2.29. The molecule has 18 heavy (non-hydrogen) atoms. The molecule has 1 aliphatic rings. The fourth-order valence-corrected chi connectivity index (χ4v) is 2.59. The van der Waals surface area contributed by atoms with E-state index in [0.29, 0.717) is 18.8 Å². The third-order valence-electron chi connectivity index (χ3n) is 3.39. The normalized spacial score (nSPS) is 20.2. The zero-order chi connectivity index (χ0) is 13.0. The molecule has 3 nitrogen and oxygen atoms in total. The van der Waals surface area contributed by atoms with Gasteiger partial charge in [0, 0.05) is 26.2 Å². The van der Waals surface area contributed by atoms with Crippen LogP contribution < -0.4 is 10.6 Å². The molecular formula is C14H21FN2O. The first-order chi connectivity index (χ1) is 8.76. The van der Waals surface area contributed by atoms with Gasteiger partial charge in [0.05, 0.1) is 11.8 Å². The third-order valence-corrected chi connectivity index (χ3v) is 3.39. The summed E-state index contributed by atoms with van der Waals surface area (Å²) in [5.74, 6) is -0.185. The molecule has 100 valence electrons. The highest BCUT2D eigenvalue weighted by atomic mass is 19.1. The van der Waals surface area contributed by atoms with Gasteiger partial charge in [-0.05, 0) is 31.4 Å². The van der Waals surface area contributed by atoms with Crippen molar-refractivity contribution in [1.82, 2.24) is 0 Å². The summed E-state index contributed by atoms with van der Waals surface area (Å²) >= 11 is 0. The van der Waals surface area contributed by atoms with Crippen molar-refractivity contribution in [2.45, 2.75) is 32.4 Å². The number of para-hydroxylation sites is 1. The topological polar surface area (TPSA) is 38.5 Å². The molecule has 0 aromatic heterocycles. The lowest BCUT2D eigenvalue weighted by atomic mass is 10.0. The Kier molecular flexibility index (Phi) is 4.55. The van der Waals surface area contributed by atoms with Gasteiger partial charge in [0.25, 0.3) is 0 Å². The summed E-state index contributed by atoms with van der Waals surface area (Å²) in [4.78, 5) is 2.07. The van der Waals surface area contributed by atoms with Gasteiger partial charge in [0.2, 0.25) is 0 Å². The minimum Gasteiger partial charge on any atom is -0.377 e. The number of rotatable bonds is 4. The number of nitrogens with two attached hydrogens (primary N) is 1. The monoisotopic (exact) mass is 252 g/mol. The van der Waals surface area contributed by atoms with Gasteiger partial charge in [-0.3, -0.25) is 0 Å². The Labute approximate surface area is 108 Å². The third kappa shape index (κ3) is 2.82. The van der Waals surface area contributed by atoms with Gasteiger partial charge in [-0.25, -0.2) is 4.39 Å². The molecule has 1 fully saturated rings. The van der Waals surface area contributed by atoms with Gasteiger partial charge >= 0.3 is 0 Å².